The number of allylic oxidation sites excluding steroid dienone is 1. The second-order valence-corrected chi connectivity index (χ2v) is 5.68. The van der Waals surface area contributed by atoms with Gasteiger partial charge < -0.3 is 9.47 Å². The molecule has 4 nitrogen and oxygen atoms in total. The molecule has 0 bridgehead atoms. The van der Waals surface area contributed by atoms with E-state index >= 15 is 0 Å². The summed E-state index contributed by atoms with van der Waals surface area (Å²) in [5, 5.41) is 0. The van der Waals surface area contributed by atoms with Crippen LogP contribution in [0.3, 0.4) is 0 Å². The van der Waals surface area contributed by atoms with E-state index in [2.05, 4.69) is 18.4 Å². The van der Waals surface area contributed by atoms with Crippen molar-refractivity contribution in [3.8, 4) is 11.8 Å². The molecule has 0 amide bonds. The number of rotatable bonds is 2. The zero-order valence-corrected chi connectivity index (χ0v) is 13.8. The van der Waals surface area contributed by atoms with Crippen LogP contribution in [0.15, 0.2) is 24.8 Å². The Labute approximate surface area is 140 Å². The molecule has 0 heterocycles. The number of hydrogen-bond donors (Lipinski definition) is 0. The van der Waals surface area contributed by atoms with Gasteiger partial charge in [0, 0.05) is 12.0 Å². The first kappa shape index (κ1) is 17.7. The van der Waals surface area contributed by atoms with Crippen LogP contribution in [0.4, 0.5) is 4.39 Å². The molecule has 0 saturated carbocycles. The first-order chi connectivity index (χ1) is 11.4. The van der Waals surface area contributed by atoms with Gasteiger partial charge >= 0.3 is 11.9 Å². The summed E-state index contributed by atoms with van der Waals surface area (Å²) in [4.78, 5) is 24.9. The molecule has 126 valence electrons. The van der Waals surface area contributed by atoms with Crippen LogP contribution in [-0.4, -0.2) is 26.2 Å². The minimum absolute atomic E-state index is 0.0276. The van der Waals surface area contributed by atoms with E-state index < -0.39 is 23.2 Å². The summed E-state index contributed by atoms with van der Waals surface area (Å²) < 4.78 is 23.5. The molecule has 0 aromatic heterocycles. The fraction of sp³-hybridized carbons (Fsp3) is 0.368. The number of carbonyl (C=O) groups is 2. The lowest BCUT2D eigenvalue weighted by Gasteiger charge is -2.29. The van der Waals surface area contributed by atoms with Crippen LogP contribution >= 0.6 is 0 Å². The number of esters is 2. The molecule has 0 unspecified atom stereocenters. The largest absolute Gasteiger partial charge is 0.468 e. The Bertz CT molecular complexity index is 723. The Hall–Kier alpha value is -2.61. The second kappa shape index (κ2) is 7.31. The van der Waals surface area contributed by atoms with Gasteiger partial charge in [0.15, 0.2) is 5.41 Å². The number of benzene rings is 1. The van der Waals surface area contributed by atoms with Gasteiger partial charge in [-0.25, -0.2) is 4.39 Å². The number of halogens is 1. The van der Waals surface area contributed by atoms with Gasteiger partial charge in [-0.2, -0.15) is 0 Å². The van der Waals surface area contributed by atoms with Crippen LogP contribution in [0.1, 0.15) is 30.4 Å². The molecule has 24 heavy (non-hydrogen) atoms. The van der Waals surface area contributed by atoms with E-state index in [4.69, 9.17) is 9.47 Å². The first-order valence-corrected chi connectivity index (χ1v) is 7.58. The maximum absolute atomic E-state index is 13.8. The van der Waals surface area contributed by atoms with Gasteiger partial charge in [0.25, 0.3) is 0 Å². The summed E-state index contributed by atoms with van der Waals surface area (Å²) in [7, 11) is 2.44. The lowest BCUT2D eigenvalue weighted by Crippen LogP contribution is -2.43. The highest BCUT2D eigenvalue weighted by Gasteiger charge is 2.48. The lowest BCUT2D eigenvalue weighted by atomic mass is 9.75. The third-order valence-electron chi connectivity index (χ3n) is 4.18. The van der Waals surface area contributed by atoms with E-state index in [9.17, 15) is 14.0 Å². The molecule has 0 fully saturated rings. The average Bonchev–Trinajstić information content (AvgIpc) is 2.58. The van der Waals surface area contributed by atoms with E-state index in [0.29, 0.717) is 29.5 Å². The Balaban J connectivity index is 2.64. The molecule has 0 spiro atoms. The number of ether oxygens (including phenoxy) is 2. The van der Waals surface area contributed by atoms with Crippen molar-refractivity contribution in [2.24, 2.45) is 5.41 Å². The fourth-order valence-electron chi connectivity index (χ4n) is 2.95. The summed E-state index contributed by atoms with van der Waals surface area (Å²) in [5.41, 5.74) is 0.0937. The van der Waals surface area contributed by atoms with Crippen molar-refractivity contribution in [1.29, 1.82) is 0 Å². The second-order valence-electron chi connectivity index (χ2n) is 5.68. The van der Waals surface area contributed by atoms with Crippen LogP contribution in [0.5, 0.6) is 0 Å². The smallest absolute Gasteiger partial charge is 0.323 e. The molecular weight excluding hydrogens is 311 g/mol. The molecule has 5 heteroatoms. The minimum atomic E-state index is -1.52. The summed E-state index contributed by atoms with van der Waals surface area (Å²) in [6.07, 6.45) is 1.20. The normalized spacial score (nSPS) is 16.2. The van der Waals surface area contributed by atoms with Crippen LogP contribution < -0.4 is 0 Å². The van der Waals surface area contributed by atoms with E-state index in [1.165, 1.54) is 26.4 Å². The maximum Gasteiger partial charge on any atom is 0.323 e. The van der Waals surface area contributed by atoms with Crippen LogP contribution in [0.25, 0.3) is 5.57 Å². The number of hydrogen-bond acceptors (Lipinski definition) is 4. The Morgan fingerprint density at radius 2 is 1.92 bits per heavy atom. The van der Waals surface area contributed by atoms with Crippen molar-refractivity contribution in [2.45, 2.75) is 25.7 Å². The first-order valence-electron chi connectivity index (χ1n) is 7.58. The molecule has 0 saturated heterocycles. The molecule has 1 aromatic carbocycles. The standard InChI is InChI=1S/C19H19FO4/c1-13-7-5-4-6-10-19(17(21)23-2,18(22)24-3)12-14-11-15(20)8-9-16(13)14/h8-9,11H,1,4,6,10,12H2,2-3H3. The Morgan fingerprint density at radius 3 is 2.54 bits per heavy atom. The predicted molar refractivity (Wildman–Crippen MR) is 87.2 cm³/mol. The Morgan fingerprint density at radius 1 is 1.25 bits per heavy atom. The van der Waals surface area contributed by atoms with Crippen molar-refractivity contribution in [1.82, 2.24) is 0 Å². The lowest BCUT2D eigenvalue weighted by molar-refractivity contribution is -0.169. The molecule has 0 radical (unpaired) electrons. The highest BCUT2D eigenvalue weighted by molar-refractivity contribution is 6.00. The summed E-state index contributed by atoms with van der Waals surface area (Å²) in [6.45, 7) is 3.91. The molecule has 0 N–H and O–H groups in total. The average molecular weight is 330 g/mol. The van der Waals surface area contributed by atoms with Gasteiger partial charge in [0.2, 0.25) is 0 Å². The van der Waals surface area contributed by atoms with E-state index in [1.54, 1.807) is 6.07 Å². The molecule has 1 aromatic rings. The van der Waals surface area contributed by atoms with Gasteiger partial charge in [-0.3, -0.25) is 9.59 Å². The summed E-state index contributed by atoms with van der Waals surface area (Å²) >= 11 is 0. The van der Waals surface area contributed by atoms with E-state index in [1.807, 2.05) is 0 Å². The fourth-order valence-corrected chi connectivity index (χ4v) is 2.95. The van der Waals surface area contributed by atoms with Gasteiger partial charge in [-0.05, 0) is 42.5 Å². The zero-order valence-electron chi connectivity index (χ0n) is 13.8. The highest BCUT2D eigenvalue weighted by Crippen LogP contribution is 2.35. The molecule has 0 aliphatic heterocycles. The van der Waals surface area contributed by atoms with Crippen molar-refractivity contribution in [3.05, 3.63) is 41.7 Å². The molecule has 0 atom stereocenters. The molecule has 1 aliphatic rings. The quantitative estimate of drug-likeness (QED) is 0.475. The van der Waals surface area contributed by atoms with Gasteiger partial charge in [-0.15, -0.1) is 0 Å². The van der Waals surface area contributed by atoms with E-state index in [0.717, 1.165) is 0 Å². The van der Waals surface area contributed by atoms with Crippen molar-refractivity contribution < 1.29 is 23.5 Å². The van der Waals surface area contributed by atoms with Crippen molar-refractivity contribution >= 4 is 17.5 Å². The summed E-state index contributed by atoms with van der Waals surface area (Å²) in [6, 6.07) is 4.16. The molecule has 1 aliphatic carbocycles. The Kier molecular flexibility index (Phi) is 5.40. The maximum atomic E-state index is 13.8. The van der Waals surface area contributed by atoms with Crippen LogP contribution in [0, 0.1) is 23.1 Å². The van der Waals surface area contributed by atoms with Crippen molar-refractivity contribution in [3.63, 3.8) is 0 Å². The molecular formula is C19H19FO4. The summed E-state index contributed by atoms with van der Waals surface area (Å²) in [5.74, 6) is 4.06. The number of methoxy groups -OCH3 is 2. The zero-order chi connectivity index (χ0) is 17.7. The van der Waals surface area contributed by atoms with Crippen LogP contribution in [0.2, 0.25) is 0 Å². The number of carbonyl (C=O) groups excluding carboxylic acids is 2. The molecule has 2 rings (SSSR count). The van der Waals surface area contributed by atoms with Gasteiger partial charge in [-0.1, -0.05) is 24.5 Å². The third kappa shape index (κ3) is 3.33. The number of fused-ring (bicyclic) bond motifs is 1. The topological polar surface area (TPSA) is 52.6 Å². The monoisotopic (exact) mass is 330 g/mol. The van der Waals surface area contributed by atoms with Gasteiger partial charge in [0.1, 0.15) is 5.82 Å². The third-order valence-corrected chi connectivity index (χ3v) is 4.18. The van der Waals surface area contributed by atoms with Gasteiger partial charge in [0.05, 0.1) is 14.2 Å². The van der Waals surface area contributed by atoms with E-state index in [-0.39, 0.29) is 12.8 Å². The van der Waals surface area contributed by atoms with Crippen molar-refractivity contribution in [2.75, 3.05) is 14.2 Å². The SMILES string of the molecule is C=C1C#CCCCC(C(=O)OC)(C(=O)OC)Cc2cc(F)ccc21. The van der Waals surface area contributed by atoms with Crippen LogP contribution in [-0.2, 0) is 25.5 Å². The highest BCUT2D eigenvalue weighted by atomic mass is 19.1. The minimum Gasteiger partial charge on any atom is -0.468 e. The predicted octanol–water partition coefficient (Wildman–Crippen LogP) is 2.90.